The second-order valence-electron chi connectivity index (χ2n) is 6.13. The zero-order valence-corrected chi connectivity index (χ0v) is 13.1. The van der Waals surface area contributed by atoms with Gasteiger partial charge in [-0.15, -0.1) is 0 Å². The molecule has 0 radical (unpaired) electrons. The van der Waals surface area contributed by atoms with Crippen LogP contribution in [0.3, 0.4) is 0 Å². The van der Waals surface area contributed by atoms with E-state index in [0.717, 1.165) is 5.52 Å². The fourth-order valence-corrected chi connectivity index (χ4v) is 2.55. The van der Waals surface area contributed by atoms with Gasteiger partial charge >= 0.3 is 6.18 Å². The SMILES string of the molecule is CC(C)CC(N)(c1nc(-c2ccn3cncc3c2)no1)C(F)(F)F. The zero-order chi connectivity index (χ0) is 17.5. The third kappa shape index (κ3) is 2.75. The summed E-state index contributed by atoms with van der Waals surface area (Å²) in [5.74, 6) is -0.876. The minimum atomic E-state index is -4.70. The van der Waals surface area contributed by atoms with Crippen molar-refractivity contribution >= 4 is 5.52 Å². The van der Waals surface area contributed by atoms with Crippen molar-refractivity contribution in [3.63, 3.8) is 0 Å². The van der Waals surface area contributed by atoms with Gasteiger partial charge in [-0.25, -0.2) is 4.98 Å². The first-order chi connectivity index (χ1) is 11.2. The number of rotatable bonds is 4. The van der Waals surface area contributed by atoms with Crippen LogP contribution < -0.4 is 5.73 Å². The van der Waals surface area contributed by atoms with Crippen LogP contribution in [0.2, 0.25) is 0 Å². The van der Waals surface area contributed by atoms with E-state index in [9.17, 15) is 13.2 Å². The molecular formula is C15H16F3N5O. The first-order valence-electron chi connectivity index (χ1n) is 7.32. The lowest BCUT2D eigenvalue weighted by Gasteiger charge is -2.29. The van der Waals surface area contributed by atoms with Gasteiger partial charge in [0, 0.05) is 11.8 Å². The van der Waals surface area contributed by atoms with Crippen LogP contribution in [0.15, 0.2) is 35.4 Å². The molecule has 1 unspecified atom stereocenters. The number of imidazole rings is 1. The average molecular weight is 339 g/mol. The Morgan fingerprint density at radius 2 is 2.08 bits per heavy atom. The third-order valence-electron chi connectivity index (χ3n) is 3.72. The summed E-state index contributed by atoms with van der Waals surface area (Å²) in [7, 11) is 0. The molecule has 3 heterocycles. The quantitative estimate of drug-likeness (QED) is 0.789. The summed E-state index contributed by atoms with van der Waals surface area (Å²) in [4.78, 5) is 7.89. The molecule has 3 rings (SSSR count). The molecule has 0 amide bonds. The highest BCUT2D eigenvalue weighted by molar-refractivity contribution is 5.62. The van der Waals surface area contributed by atoms with Gasteiger partial charge in [0.25, 0.3) is 5.89 Å². The largest absolute Gasteiger partial charge is 0.415 e. The van der Waals surface area contributed by atoms with Gasteiger partial charge in [-0.05, 0) is 24.5 Å². The number of halogens is 3. The molecule has 0 saturated heterocycles. The highest BCUT2D eigenvalue weighted by atomic mass is 19.4. The number of nitrogens with two attached hydrogens (primary N) is 1. The molecule has 0 aromatic carbocycles. The van der Waals surface area contributed by atoms with E-state index in [1.807, 2.05) is 0 Å². The summed E-state index contributed by atoms with van der Waals surface area (Å²) < 4.78 is 47.0. The minimum absolute atomic E-state index is 0.0523. The fraction of sp³-hybridized carbons (Fsp3) is 0.400. The minimum Gasteiger partial charge on any atom is -0.337 e. The Hall–Kier alpha value is -2.42. The number of aromatic nitrogens is 4. The van der Waals surface area contributed by atoms with E-state index in [-0.39, 0.29) is 18.2 Å². The van der Waals surface area contributed by atoms with Gasteiger partial charge in [0.1, 0.15) is 0 Å². The van der Waals surface area contributed by atoms with Crippen molar-refractivity contribution in [2.45, 2.75) is 32.0 Å². The molecule has 0 aliphatic heterocycles. The number of pyridine rings is 1. The highest BCUT2D eigenvalue weighted by Gasteiger charge is 2.57. The normalized spacial score (nSPS) is 15.1. The van der Waals surface area contributed by atoms with Crippen molar-refractivity contribution in [3.05, 3.63) is 36.7 Å². The van der Waals surface area contributed by atoms with E-state index < -0.39 is 17.6 Å². The van der Waals surface area contributed by atoms with E-state index in [4.69, 9.17) is 10.3 Å². The highest BCUT2D eigenvalue weighted by Crippen LogP contribution is 2.41. The van der Waals surface area contributed by atoms with Gasteiger partial charge < -0.3 is 14.7 Å². The molecule has 3 aromatic heterocycles. The van der Waals surface area contributed by atoms with Crippen LogP contribution in [-0.2, 0) is 5.54 Å². The van der Waals surface area contributed by atoms with Crippen LogP contribution in [0.25, 0.3) is 16.9 Å². The van der Waals surface area contributed by atoms with Crippen molar-refractivity contribution < 1.29 is 17.7 Å². The third-order valence-corrected chi connectivity index (χ3v) is 3.72. The summed E-state index contributed by atoms with van der Waals surface area (Å²) in [6.45, 7) is 3.30. The van der Waals surface area contributed by atoms with Gasteiger partial charge in [-0.3, -0.25) is 0 Å². The molecule has 128 valence electrons. The van der Waals surface area contributed by atoms with Crippen molar-refractivity contribution in [2.24, 2.45) is 11.7 Å². The summed E-state index contributed by atoms with van der Waals surface area (Å²) in [6.07, 6.45) is -0.109. The van der Waals surface area contributed by atoms with Gasteiger partial charge in [0.05, 0.1) is 18.0 Å². The Labute approximate surface area is 135 Å². The summed E-state index contributed by atoms with van der Waals surface area (Å²) in [6, 6.07) is 3.37. The first kappa shape index (κ1) is 16.4. The molecule has 2 N–H and O–H groups in total. The molecule has 6 nitrogen and oxygen atoms in total. The summed E-state index contributed by atoms with van der Waals surface area (Å²) >= 11 is 0. The molecule has 0 fully saturated rings. The molecule has 1 atom stereocenters. The lowest BCUT2D eigenvalue weighted by Crippen LogP contribution is -2.51. The Kier molecular flexibility index (Phi) is 3.83. The maximum Gasteiger partial charge on any atom is 0.415 e. The topological polar surface area (TPSA) is 82.2 Å². The molecular weight excluding hydrogens is 323 g/mol. The van der Waals surface area contributed by atoms with Gasteiger partial charge in [0.2, 0.25) is 5.82 Å². The predicted octanol–water partition coefficient (Wildman–Crippen LogP) is 3.15. The first-order valence-corrected chi connectivity index (χ1v) is 7.32. The molecule has 9 heteroatoms. The van der Waals surface area contributed by atoms with E-state index in [0.29, 0.717) is 5.56 Å². The van der Waals surface area contributed by atoms with Crippen molar-refractivity contribution in [1.29, 1.82) is 0 Å². The molecule has 0 aliphatic carbocycles. The van der Waals surface area contributed by atoms with E-state index in [1.165, 1.54) is 0 Å². The number of hydrogen-bond donors (Lipinski definition) is 1. The predicted molar refractivity (Wildman–Crippen MR) is 79.9 cm³/mol. The Morgan fingerprint density at radius 1 is 1.33 bits per heavy atom. The molecule has 0 spiro atoms. The van der Waals surface area contributed by atoms with Crippen LogP contribution in [0.5, 0.6) is 0 Å². The molecule has 3 aromatic rings. The molecule has 0 aliphatic rings. The Morgan fingerprint density at radius 3 is 2.75 bits per heavy atom. The van der Waals surface area contributed by atoms with Gasteiger partial charge in [-0.2, -0.15) is 18.2 Å². The second-order valence-corrected chi connectivity index (χ2v) is 6.13. The van der Waals surface area contributed by atoms with E-state index >= 15 is 0 Å². The Bertz CT molecular complexity index is 854. The van der Waals surface area contributed by atoms with Gasteiger partial charge in [0.15, 0.2) is 5.54 Å². The van der Waals surface area contributed by atoms with Crippen LogP contribution in [-0.4, -0.2) is 25.7 Å². The van der Waals surface area contributed by atoms with Crippen LogP contribution in [0, 0.1) is 5.92 Å². The maximum atomic E-state index is 13.5. The van der Waals surface area contributed by atoms with Crippen LogP contribution >= 0.6 is 0 Å². The molecule has 24 heavy (non-hydrogen) atoms. The van der Waals surface area contributed by atoms with Crippen LogP contribution in [0.1, 0.15) is 26.2 Å². The monoisotopic (exact) mass is 339 g/mol. The number of fused-ring (bicyclic) bond motifs is 1. The second kappa shape index (κ2) is 5.59. The fourth-order valence-electron chi connectivity index (χ4n) is 2.55. The number of nitrogens with zero attached hydrogens (tertiary/aromatic N) is 4. The number of alkyl halides is 3. The maximum absolute atomic E-state index is 13.5. The summed E-state index contributed by atoms with van der Waals surface area (Å²) in [5.41, 5.74) is 4.23. The van der Waals surface area contributed by atoms with Gasteiger partial charge in [-0.1, -0.05) is 19.0 Å². The molecule has 0 saturated carbocycles. The summed E-state index contributed by atoms with van der Waals surface area (Å²) in [5, 5.41) is 3.67. The van der Waals surface area contributed by atoms with Crippen LogP contribution in [0.4, 0.5) is 13.2 Å². The lowest BCUT2D eigenvalue weighted by atomic mass is 9.89. The average Bonchev–Trinajstić information content (AvgIpc) is 3.14. The van der Waals surface area contributed by atoms with Crippen molar-refractivity contribution in [3.8, 4) is 11.4 Å². The standard InChI is InChI=1S/C15H16F3N5O/c1-9(2)6-14(19,15(16,17)18)13-21-12(22-24-13)10-3-4-23-8-20-7-11(23)5-10/h3-5,7-9H,6,19H2,1-2H3. The zero-order valence-electron chi connectivity index (χ0n) is 13.1. The van der Waals surface area contributed by atoms with Crippen molar-refractivity contribution in [2.75, 3.05) is 0 Å². The van der Waals surface area contributed by atoms with Crippen molar-refractivity contribution in [1.82, 2.24) is 19.5 Å². The van der Waals surface area contributed by atoms with E-state index in [2.05, 4.69) is 15.1 Å². The smallest absolute Gasteiger partial charge is 0.337 e. The lowest BCUT2D eigenvalue weighted by molar-refractivity contribution is -0.201. The number of hydrogen-bond acceptors (Lipinski definition) is 5. The van der Waals surface area contributed by atoms with E-state index in [1.54, 1.807) is 49.1 Å². The molecule has 0 bridgehead atoms. The Balaban J connectivity index is 2.01.